The lowest BCUT2D eigenvalue weighted by Gasteiger charge is -2.19. The molecule has 0 aromatic heterocycles. The Balaban J connectivity index is 1.79. The Morgan fingerprint density at radius 1 is 0.607 bits per heavy atom. The predicted octanol–water partition coefficient (Wildman–Crippen LogP) is 5.10. The Labute approximate surface area is 167 Å². The SMILES string of the molecule is O=S(=O)(c1ccccc1)N(CC=Cc1ccccc1)CC=Cc1ccccc1. The van der Waals surface area contributed by atoms with Crippen LogP contribution in [0.1, 0.15) is 11.1 Å². The minimum absolute atomic E-state index is 0.297. The molecule has 142 valence electrons. The molecule has 0 atom stereocenters. The van der Waals surface area contributed by atoms with Crippen molar-refractivity contribution in [2.45, 2.75) is 4.90 Å². The molecule has 0 spiro atoms. The van der Waals surface area contributed by atoms with Gasteiger partial charge in [0.05, 0.1) is 4.90 Å². The molecule has 28 heavy (non-hydrogen) atoms. The Bertz CT molecular complexity index is 960. The summed E-state index contributed by atoms with van der Waals surface area (Å²) in [6.07, 6.45) is 7.64. The molecule has 3 aromatic rings. The second-order valence-corrected chi connectivity index (χ2v) is 8.20. The highest BCUT2D eigenvalue weighted by Gasteiger charge is 2.22. The first-order valence-electron chi connectivity index (χ1n) is 9.15. The average Bonchev–Trinajstić information content (AvgIpc) is 2.75. The van der Waals surface area contributed by atoms with Gasteiger partial charge >= 0.3 is 0 Å². The van der Waals surface area contributed by atoms with E-state index >= 15 is 0 Å². The normalized spacial score (nSPS) is 12.2. The van der Waals surface area contributed by atoms with Gasteiger partial charge in [-0.3, -0.25) is 0 Å². The lowest BCUT2D eigenvalue weighted by Crippen LogP contribution is -2.31. The summed E-state index contributed by atoms with van der Waals surface area (Å²) in [5.41, 5.74) is 2.08. The van der Waals surface area contributed by atoms with Crippen molar-refractivity contribution in [3.05, 3.63) is 114 Å². The van der Waals surface area contributed by atoms with Crippen LogP contribution in [-0.2, 0) is 10.0 Å². The van der Waals surface area contributed by atoms with E-state index in [2.05, 4.69) is 0 Å². The van der Waals surface area contributed by atoms with E-state index < -0.39 is 10.0 Å². The fourth-order valence-electron chi connectivity index (χ4n) is 2.75. The zero-order valence-electron chi connectivity index (χ0n) is 15.6. The first kappa shape index (κ1) is 19.8. The molecule has 4 heteroatoms. The molecule has 0 fully saturated rings. The van der Waals surface area contributed by atoms with Crippen LogP contribution in [0.25, 0.3) is 12.2 Å². The van der Waals surface area contributed by atoms with Crippen molar-refractivity contribution in [3.63, 3.8) is 0 Å². The van der Waals surface area contributed by atoms with Crippen LogP contribution in [0.3, 0.4) is 0 Å². The molecular formula is C24H23NO2S. The number of nitrogens with zero attached hydrogens (tertiary/aromatic N) is 1. The maximum Gasteiger partial charge on any atom is 0.243 e. The number of rotatable bonds is 8. The summed E-state index contributed by atoms with van der Waals surface area (Å²) in [4.78, 5) is 0.302. The van der Waals surface area contributed by atoms with Crippen molar-refractivity contribution in [2.24, 2.45) is 0 Å². The largest absolute Gasteiger partial charge is 0.243 e. The Hall–Kier alpha value is -2.95. The third-order valence-corrected chi connectivity index (χ3v) is 6.06. The van der Waals surface area contributed by atoms with Crippen LogP contribution in [0.5, 0.6) is 0 Å². The summed E-state index contributed by atoms with van der Waals surface area (Å²) in [5.74, 6) is 0. The van der Waals surface area contributed by atoms with E-state index in [1.807, 2.05) is 91.0 Å². The molecule has 0 N–H and O–H groups in total. The molecule has 3 rings (SSSR count). The fraction of sp³-hybridized carbons (Fsp3) is 0.0833. The smallest absolute Gasteiger partial charge is 0.207 e. The molecule has 0 saturated heterocycles. The van der Waals surface area contributed by atoms with E-state index in [0.29, 0.717) is 18.0 Å². The van der Waals surface area contributed by atoms with Gasteiger partial charge in [-0.2, -0.15) is 4.31 Å². The molecule has 0 amide bonds. The van der Waals surface area contributed by atoms with Gasteiger partial charge in [-0.05, 0) is 23.3 Å². The van der Waals surface area contributed by atoms with E-state index in [1.165, 1.54) is 4.31 Å². The third kappa shape index (κ3) is 5.52. The van der Waals surface area contributed by atoms with E-state index in [9.17, 15) is 8.42 Å². The molecule has 3 nitrogen and oxygen atoms in total. The van der Waals surface area contributed by atoms with Gasteiger partial charge in [0.1, 0.15) is 0 Å². The van der Waals surface area contributed by atoms with Crippen LogP contribution in [-0.4, -0.2) is 25.8 Å². The molecule has 0 aliphatic rings. The molecule has 0 bridgehead atoms. The van der Waals surface area contributed by atoms with Crippen LogP contribution in [0, 0.1) is 0 Å². The van der Waals surface area contributed by atoms with Gasteiger partial charge in [0.2, 0.25) is 10.0 Å². The first-order chi connectivity index (χ1) is 13.7. The second-order valence-electron chi connectivity index (χ2n) is 6.26. The zero-order valence-corrected chi connectivity index (χ0v) is 16.4. The molecule has 0 radical (unpaired) electrons. The molecule has 0 aliphatic carbocycles. The summed E-state index contributed by atoms with van der Waals surface area (Å²) in [5, 5.41) is 0. The van der Waals surface area contributed by atoms with Gasteiger partial charge in [-0.25, -0.2) is 8.42 Å². The Morgan fingerprint density at radius 2 is 1.00 bits per heavy atom. The monoisotopic (exact) mass is 389 g/mol. The molecule has 0 saturated carbocycles. The highest BCUT2D eigenvalue weighted by Crippen LogP contribution is 2.16. The number of hydrogen-bond donors (Lipinski definition) is 0. The van der Waals surface area contributed by atoms with Gasteiger partial charge in [0.15, 0.2) is 0 Å². The highest BCUT2D eigenvalue weighted by molar-refractivity contribution is 7.89. The van der Waals surface area contributed by atoms with Crippen molar-refractivity contribution in [1.29, 1.82) is 0 Å². The Kier molecular flexibility index (Phi) is 6.95. The zero-order chi connectivity index (χ0) is 19.7. The summed E-state index contributed by atoms with van der Waals surface area (Å²) in [6, 6.07) is 28.3. The second kappa shape index (κ2) is 9.83. The van der Waals surface area contributed by atoms with Crippen molar-refractivity contribution in [3.8, 4) is 0 Å². The molecule has 0 unspecified atom stereocenters. The maximum atomic E-state index is 13.1. The minimum Gasteiger partial charge on any atom is -0.207 e. The molecular weight excluding hydrogens is 366 g/mol. The summed E-state index contributed by atoms with van der Waals surface area (Å²) in [7, 11) is -3.58. The first-order valence-corrected chi connectivity index (χ1v) is 10.6. The van der Waals surface area contributed by atoms with E-state index in [0.717, 1.165) is 11.1 Å². The molecule has 0 heterocycles. The van der Waals surface area contributed by atoms with Gasteiger partial charge in [0, 0.05) is 13.1 Å². The van der Waals surface area contributed by atoms with Crippen molar-refractivity contribution in [1.82, 2.24) is 4.31 Å². The van der Waals surface area contributed by atoms with Crippen molar-refractivity contribution < 1.29 is 8.42 Å². The van der Waals surface area contributed by atoms with E-state index in [-0.39, 0.29) is 0 Å². The standard InChI is InChI=1S/C24H23NO2S/c26-28(27,24-18-8-3-9-19-24)25(20-10-16-22-12-4-1-5-13-22)21-11-17-23-14-6-2-7-15-23/h1-19H,20-21H2. The maximum absolute atomic E-state index is 13.1. The minimum atomic E-state index is -3.58. The summed E-state index contributed by atoms with van der Waals surface area (Å²) >= 11 is 0. The van der Waals surface area contributed by atoms with Gasteiger partial charge in [-0.15, -0.1) is 0 Å². The molecule has 3 aromatic carbocycles. The van der Waals surface area contributed by atoms with Gasteiger partial charge < -0.3 is 0 Å². The Morgan fingerprint density at radius 3 is 1.43 bits per heavy atom. The predicted molar refractivity (Wildman–Crippen MR) is 116 cm³/mol. The van der Waals surface area contributed by atoms with Crippen LogP contribution in [0.2, 0.25) is 0 Å². The highest BCUT2D eigenvalue weighted by atomic mass is 32.2. The lowest BCUT2D eigenvalue weighted by atomic mass is 10.2. The van der Waals surface area contributed by atoms with Crippen molar-refractivity contribution >= 4 is 22.2 Å². The molecule has 0 aliphatic heterocycles. The number of sulfonamides is 1. The van der Waals surface area contributed by atoms with Crippen molar-refractivity contribution in [2.75, 3.05) is 13.1 Å². The number of hydrogen-bond acceptors (Lipinski definition) is 2. The average molecular weight is 390 g/mol. The summed E-state index contributed by atoms with van der Waals surface area (Å²) < 4.78 is 27.6. The topological polar surface area (TPSA) is 37.4 Å². The van der Waals surface area contributed by atoms with Gasteiger partial charge in [-0.1, -0.05) is 103 Å². The van der Waals surface area contributed by atoms with Crippen LogP contribution < -0.4 is 0 Å². The van der Waals surface area contributed by atoms with Crippen LogP contribution in [0.15, 0.2) is 108 Å². The van der Waals surface area contributed by atoms with Crippen LogP contribution >= 0.6 is 0 Å². The lowest BCUT2D eigenvalue weighted by molar-refractivity contribution is 0.474. The summed E-state index contributed by atoms with van der Waals surface area (Å²) in [6.45, 7) is 0.594. The van der Waals surface area contributed by atoms with Crippen LogP contribution in [0.4, 0.5) is 0 Å². The van der Waals surface area contributed by atoms with Gasteiger partial charge in [0.25, 0.3) is 0 Å². The van der Waals surface area contributed by atoms with E-state index in [4.69, 9.17) is 0 Å². The van der Waals surface area contributed by atoms with E-state index in [1.54, 1.807) is 24.3 Å². The third-order valence-electron chi connectivity index (χ3n) is 4.22. The quantitative estimate of drug-likeness (QED) is 0.537. The fourth-order valence-corrected chi connectivity index (χ4v) is 4.12. The number of benzene rings is 3.